The number of anilines is 1. The molecule has 0 aliphatic heterocycles. The zero-order valence-corrected chi connectivity index (χ0v) is 7.13. The van der Waals surface area contributed by atoms with Crippen LogP contribution in [0.25, 0.3) is 0 Å². The first-order chi connectivity index (χ1) is 5.15. The third-order valence-corrected chi connectivity index (χ3v) is 1.72. The van der Waals surface area contributed by atoms with Gasteiger partial charge in [0, 0.05) is 4.47 Å². The average molecular weight is 216 g/mol. The van der Waals surface area contributed by atoms with Crippen LogP contribution in [0.4, 0.5) is 5.69 Å². The minimum atomic E-state index is -0.164. The molecule has 0 aliphatic rings. The molecule has 0 fully saturated rings. The fourth-order valence-electron chi connectivity index (χ4n) is 0.732. The molecule has 0 saturated heterocycles. The van der Waals surface area contributed by atoms with Crippen molar-refractivity contribution in [2.45, 2.75) is 0 Å². The molecule has 4 heteroatoms. The number of nitrogen functional groups attached to an aromatic ring is 1. The minimum absolute atomic E-state index is 0.164. The first-order valence-corrected chi connectivity index (χ1v) is 3.67. The standard InChI is InChI=1S/C7H6BrNO2/c8-5-1-4(3-10)7(11)6(9)2-5/h1-3,11H,9H2. The fourth-order valence-corrected chi connectivity index (χ4v) is 1.23. The van der Waals surface area contributed by atoms with Gasteiger partial charge in [-0.1, -0.05) is 15.9 Å². The summed E-state index contributed by atoms with van der Waals surface area (Å²) in [5.41, 5.74) is 5.75. The van der Waals surface area contributed by atoms with Crippen LogP contribution in [0, 0.1) is 0 Å². The largest absolute Gasteiger partial charge is 0.505 e. The number of hydrogen-bond donors (Lipinski definition) is 2. The first kappa shape index (κ1) is 8.07. The summed E-state index contributed by atoms with van der Waals surface area (Å²) < 4.78 is 0.676. The third-order valence-electron chi connectivity index (χ3n) is 1.26. The molecule has 3 nitrogen and oxygen atoms in total. The van der Waals surface area contributed by atoms with Crippen molar-refractivity contribution in [1.82, 2.24) is 0 Å². The Morgan fingerprint density at radius 1 is 1.55 bits per heavy atom. The van der Waals surface area contributed by atoms with Crippen LogP contribution in [0.3, 0.4) is 0 Å². The summed E-state index contributed by atoms with van der Waals surface area (Å²) >= 11 is 3.14. The number of nitrogens with two attached hydrogens (primary N) is 1. The third kappa shape index (κ3) is 1.51. The van der Waals surface area contributed by atoms with E-state index in [-0.39, 0.29) is 17.0 Å². The number of carbonyl (C=O) groups excluding carboxylic acids is 1. The van der Waals surface area contributed by atoms with Gasteiger partial charge >= 0.3 is 0 Å². The maximum Gasteiger partial charge on any atom is 0.153 e. The summed E-state index contributed by atoms with van der Waals surface area (Å²) in [5.74, 6) is -0.164. The molecule has 0 bridgehead atoms. The molecule has 1 aromatic carbocycles. The van der Waals surface area contributed by atoms with Crippen molar-refractivity contribution >= 4 is 27.9 Å². The molecular formula is C7H6BrNO2. The van der Waals surface area contributed by atoms with Crippen LogP contribution in [-0.4, -0.2) is 11.4 Å². The van der Waals surface area contributed by atoms with Crippen LogP contribution in [-0.2, 0) is 0 Å². The Bertz CT molecular complexity index is 299. The Kier molecular flexibility index (Phi) is 2.14. The highest BCUT2D eigenvalue weighted by Gasteiger charge is 2.04. The van der Waals surface area contributed by atoms with Gasteiger partial charge in [-0.15, -0.1) is 0 Å². The summed E-state index contributed by atoms with van der Waals surface area (Å²) in [6.45, 7) is 0. The Morgan fingerprint density at radius 3 is 2.73 bits per heavy atom. The van der Waals surface area contributed by atoms with E-state index in [0.29, 0.717) is 10.8 Å². The summed E-state index contributed by atoms with van der Waals surface area (Å²) in [6, 6.07) is 3.03. The van der Waals surface area contributed by atoms with E-state index >= 15 is 0 Å². The average Bonchev–Trinajstić information content (AvgIpc) is 1.96. The zero-order chi connectivity index (χ0) is 8.43. The molecular weight excluding hydrogens is 210 g/mol. The Hall–Kier alpha value is -1.03. The van der Waals surface area contributed by atoms with Gasteiger partial charge in [0.05, 0.1) is 11.3 Å². The first-order valence-electron chi connectivity index (χ1n) is 2.88. The Labute approximate surface area is 72.0 Å². The number of halogens is 1. The van der Waals surface area contributed by atoms with Crippen molar-refractivity contribution in [2.75, 3.05) is 5.73 Å². The zero-order valence-electron chi connectivity index (χ0n) is 5.54. The molecule has 58 valence electrons. The molecule has 0 heterocycles. The number of hydrogen-bond acceptors (Lipinski definition) is 3. The van der Waals surface area contributed by atoms with Crippen molar-refractivity contribution in [3.8, 4) is 5.75 Å². The van der Waals surface area contributed by atoms with Gasteiger partial charge in [-0.25, -0.2) is 0 Å². The Morgan fingerprint density at radius 2 is 2.18 bits per heavy atom. The number of carbonyl (C=O) groups is 1. The molecule has 0 spiro atoms. The van der Waals surface area contributed by atoms with Crippen molar-refractivity contribution in [2.24, 2.45) is 0 Å². The van der Waals surface area contributed by atoms with E-state index in [1.165, 1.54) is 12.1 Å². The van der Waals surface area contributed by atoms with E-state index in [1.54, 1.807) is 0 Å². The van der Waals surface area contributed by atoms with Crippen LogP contribution in [0.1, 0.15) is 10.4 Å². The number of rotatable bonds is 1. The van der Waals surface area contributed by atoms with Gasteiger partial charge in [0.25, 0.3) is 0 Å². The van der Waals surface area contributed by atoms with Gasteiger partial charge < -0.3 is 10.8 Å². The molecule has 0 saturated carbocycles. The molecule has 1 aromatic rings. The highest BCUT2D eigenvalue weighted by Crippen LogP contribution is 2.27. The number of aromatic hydroxyl groups is 1. The maximum atomic E-state index is 10.3. The number of phenolic OH excluding ortho intramolecular Hbond substituents is 1. The predicted molar refractivity (Wildman–Crippen MR) is 45.6 cm³/mol. The summed E-state index contributed by atoms with van der Waals surface area (Å²) in [7, 11) is 0. The van der Waals surface area contributed by atoms with Crippen LogP contribution < -0.4 is 5.73 Å². The lowest BCUT2D eigenvalue weighted by Crippen LogP contribution is -1.90. The summed E-state index contributed by atoms with van der Waals surface area (Å²) in [6.07, 6.45) is 0.552. The topological polar surface area (TPSA) is 63.3 Å². The van der Waals surface area contributed by atoms with E-state index < -0.39 is 0 Å². The van der Waals surface area contributed by atoms with Gasteiger partial charge in [-0.05, 0) is 12.1 Å². The van der Waals surface area contributed by atoms with E-state index in [9.17, 15) is 4.79 Å². The van der Waals surface area contributed by atoms with E-state index in [1.807, 2.05) is 0 Å². The van der Waals surface area contributed by atoms with Crippen LogP contribution in [0.5, 0.6) is 5.75 Å². The van der Waals surface area contributed by atoms with Gasteiger partial charge in [0.15, 0.2) is 6.29 Å². The van der Waals surface area contributed by atoms with Crippen LogP contribution >= 0.6 is 15.9 Å². The van der Waals surface area contributed by atoms with Crippen LogP contribution in [0.15, 0.2) is 16.6 Å². The molecule has 0 amide bonds. The quantitative estimate of drug-likeness (QED) is 0.425. The molecule has 0 atom stereocenters. The smallest absolute Gasteiger partial charge is 0.153 e. The lowest BCUT2D eigenvalue weighted by Gasteiger charge is -2.01. The van der Waals surface area contributed by atoms with Crippen molar-refractivity contribution < 1.29 is 9.90 Å². The van der Waals surface area contributed by atoms with E-state index in [4.69, 9.17) is 10.8 Å². The number of aldehydes is 1. The molecule has 0 aliphatic carbocycles. The SMILES string of the molecule is Nc1cc(Br)cc(C=O)c1O. The molecule has 0 radical (unpaired) electrons. The minimum Gasteiger partial charge on any atom is -0.505 e. The summed E-state index contributed by atoms with van der Waals surface area (Å²) in [4.78, 5) is 10.3. The number of benzene rings is 1. The highest BCUT2D eigenvalue weighted by atomic mass is 79.9. The fraction of sp³-hybridized carbons (Fsp3) is 0. The van der Waals surface area contributed by atoms with E-state index in [2.05, 4.69) is 15.9 Å². The second kappa shape index (κ2) is 2.92. The Balaban J connectivity index is 3.35. The molecule has 0 unspecified atom stereocenters. The second-order valence-corrected chi connectivity index (χ2v) is 2.97. The van der Waals surface area contributed by atoms with Gasteiger partial charge in [0.2, 0.25) is 0 Å². The van der Waals surface area contributed by atoms with Gasteiger partial charge in [-0.2, -0.15) is 0 Å². The van der Waals surface area contributed by atoms with Gasteiger partial charge in [-0.3, -0.25) is 4.79 Å². The maximum absolute atomic E-state index is 10.3. The lowest BCUT2D eigenvalue weighted by atomic mass is 10.2. The van der Waals surface area contributed by atoms with Gasteiger partial charge in [0.1, 0.15) is 5.75 Å². The predicted octanol–water partition coefficient (Wildman–Crippen LogP) is 1.55. The monoisotopic (exact) mass is 215 g/mol. The lowest BCUT2D eigenvalue weighted by molar-refractivity contribution is 0.112. The van der Waals surface area contributed by atoms with Crippen molar-refractivity contribution in [1.29, 1.82) is 0 Å². The second-order valence-electron chi connectivity index (χ2n) is 2.05. The normalized spacial score (nSPS) is 9.55. The molecule has 1 rings (SSSR count). The highest BCUT2D eigenvalue weighted by molar-refractivity contribution is 9.10. The summed E-state index contributed by atoms with van der Waals surface area (Å²) in [5, 5.41) is 9.14. The van der Waals surface area contributed by atoms with Crippen molar-refractivity contribution in [3.05, 3.63) is 22.2 Å². The molecule has 11 heavy (non-hydrogen) atoms. The van der Waals surface area contributed by atoms with Crippen molar-refractivity contribution in [3.63, 3.8) is 0 Å². The molecule has 3 N–H and O–H groups in total. The number of phenols is 1. The van der Waals surface area contributed by atoms with Crippen LogP contribution in [0.2, 0.25) is 0 Å². The molecule has 0 aromatic heterocycles. The van der Waals surface area contributed by atoms with E-state index in [0.717, 1.165) is 0 Å².